The van der Waals surface area contributed by atoms with E-state index in [1.165, 1.54) is 4.90 Å². The number of carboxylic acids is 1. The molecular formula is C13H15NO5. The maximum Gasteiger partial charge on any atom is 0.346 e. The summed E-state index contributed by atoms with van der Waals surface area (Å²) < 4.78 is 10.4. The molecule has 0 aromatic heterocycles. The minimum Gasteiger partial charge on any atom is -0.478 e. The lowest BCUT2D eigenvalue weighted by molar-refractivity contribution is -0.145. The number of carbonyl (C=O) groups is 2. The molecule has 0 bridgehead atoms. The fourth-order valence-electron chi connectivity index (χ4n) is 1.87. The Morgan fingerprint density at radius 2 is 2.21 bits per heavy atom. The zero-order chi connectivity index (χ0) is 13.8. The van der Waals surface area contributed by atoms with Crippen LogP contribution in [0.5, 0.6) is 5.75 Å². The molecule has 0 radical (unpaired) electrons. The van der Waals surface area contributed by atoms with Gasteiger partial charge in [-0.3, -0.25) is 4.79 Å². The molecule has 1 atom stereocenters. The highest BCUT2D eigenvalue weighted by Gasteiger charge is 2.33. The SMILES string of the molecule is CCOCC(=O)N1CC(C(=O)O)Oc2ccccc21. The summed E-state index contributed by atoms with van der Waals surface area (Å²) in [6.45, 7) is 2.14. The van der Waals surface area contributed by atoms with E-state index in [9.17, 15) is 9.59 Å². The van der Waals surface area contributed by atoms with Crippen LogP contribution in [0, 0.1) is 0 Å². The topological polar surface area (TPSA) is 76.1 Å². The van der Waals surface area contributed by atoms with Crippen LogP contribution in [0.1, 0.15) is 6.92 Å². The summed E-state index contributed by atoms with van der Waals surface area (Å²) in [6, 6.07) is 6.86. The van der Waals surface area contributed by atoms with Crippen LogP contribution in [0.15, 0.2) is 24.3 Å². The number of amides is 1. The Morgan fingerprint density at radius 1 is 1.47 bits per heavy atom. The largest absolute Gasteiger partial charge is 0.478 e. The number of ether oxygens (including phenoxy) is 2. The highest BCUT2D eigenvalue weighted by atomic mass is 16.5. The predicted molar refractivity (Wildman–Crippen MR) is 67.3 cm³/mol. The van der Waals surface area contributed by atoms with E-state index in [1.54, 1.807) is 31.2 Å². The summed E-state index contributed by atoms with van der Waals surface area (Å²) in [5.74, 6) is -0.974. The van der Waals surface area contributed by atoms with E-state index in [4.69, 9.17) is 14.6 Å². The van der Waals surface area contributed by atoms with Crippen LogP contribution in [0.25, 0.3) is 0 Å². The van der Waals surface area contributed by atoms with Crippen molar-refractivity contribution >= 4 is 17.6 Å². The van der Waals surface area contributed by atoms with Gasteiger partial charge < -0.3 is 19.5 Å². The van der Waals surface area contributed by atoms with Gasteiger partial charge in [-0.25, -0.2) is 4.79 Å². The quantitative estimate of drug-likeness (QED) is 0.875. The molecule has 0 saturated heterocycles. The summed E-state index contributed by atoms with van der Waals surface area (Å²) >= 11 is 0. The average Bonchev–Trinajstić information content (AvgIpc) is 2.43. The van der Waals surface area contributed by atoms with Gasteiger partial charge in [-0.05, 0) is 19.1 Å². The number of rotatable bonds is 4. The van der Waals surface area contributed by atoms with E-state index in [0.29, 0.717) is 18.0 Å². The summed E-state index contributed by atoms with van der Waals surface area (Å²) in [4.78, 5) is 24.5. The van der Waals surface area contributed by atoms with Gasteiger partial charge in [0.1, 0.15) is 12.4 Å². The highest BCUT2D eigenvalue weighted by molar-refractivity contribution is 5.97. The van der Waals surface area contributed by atoms with Crippen molar-refractivity contribution in [3.63, 3.8) is 0 Å². The third-order valence-electron chi connectivity index (χ3n) is 2.78. The molecule has 0 fully saturated rings. The number of para-hydroxylation sites is 2. The molecule has 19 heavy (non-hydrogen) atoms. The second-order valence-corrected chi connectivity index (χ2v) is 4.05. The van der Waals surface area contributed by atoms with Crippen molar-refractivity contribution in [1.82, 2.24) is 0 Å². The molecule has 0 aliphatic carbocycles. The van der Waals surface area contributed by atoms with E-state index >= 15 is 0 Å². The zero-order valence-electron chi connectivity index (χ0n) is 10.5. The van der Waals surface area contributed by atoms with Gasteiger partial charge in [0.15, 0.2) is 0 Å². The summed E-state index contributed by atoms with van der Waals surface area (Å²) in [7, 11) is 0. The monoisotopic (exact) mass is 265 g/mol. The third kappa shape index (κ3) is 2.85. The first kappa shape index (κ1) is 13.4. The molecule has 1 aliphatic rings. The molecule has 6 nitrogen and oxygen atoms in total. The predicted octanol–water partition coefficient (Wildman–Crippen LogP) is 0.902. The number of nitrogens with zero attached hydrogens (tertiary/aromatic N) is 1. The van der Waals surface area contributed by atoms with Crippen LogP contribution in [-0.2, 0) is 14.3 Å². The lowest BCUT2D eigenvalue weighted by Crippen LogP contribution is -2.48. The molecule has 2 rings (SSSR count). The van der Waals surface area contributed by atoms with Gasteiger partial charge >= 0.3 is 5.97 Å². The molecule has 1 N–H and O–H groups in total. The first-order valence-electron chi connectivity index (χ1n) is 6.00. The van der Waals surface area contributed by atoms with Crippen molar-refractivity contribution in [3.8, 4) is 5.75 Å². The summed E-state index contributed by atoms with van der Waals surface area (Å²) in [6.07, 6.45) is -1.06. The third-order valence-corrected chi connectivity index (χ3v) is 2.78. The van der Waals surface area contributed by atoms with Gasteiger partial charge in [0.05, 0.1) is 12.2 Å². The Balaban J connectivity index is 2.26. The standard InChI is InChI=1S/C13H15NO5/c1-2-18-8-12(15)14-7-11(13(16)17)19-10-6-4-3-5-9(10)14/h3-6,11H,2,7-8H2,1H3,(H,16,17). The number of carboxylic acid groups (broad SMARTS) is 1. The molecule has 1 aliphatic heterocycles. The number of fused-ring (bicyclic) bond motifs is 1. The fraction of sp³-hybridized carbons (Fsp3) is 0.385. The first-order chi connectivity index (χ1) is 9.13. The fourth-order valence-corrected chi connectivity index (χ4v) is 1.87. The number of hydrogen-bond donors (Lipinski definition) is 1. The molecule has 1 heterocycles. The second-order valence-electron chi connectivity index (χ2n) is 4.05. The minimum absolute atomic E-state index is 0.0156. The second kappa shape index (κ2) is 5.71. The van der Waals surface area contributed by atoms with Gasteiger partial charge in [-0.2, -0.15) is 0 Å². The van der Waals surface area contributed by atoms with Crippen LogP contribution in [0.3, 0.4) is 0 Å². The maximum absolute atomic E-state index is 12.0. The molecule has 0 saturated carbocycles. The molecule has 1 aromatic rings. The normalized spacial score (nSPS) is 17.5. The number of carbonyl (C=O) groups excluding carboxylic acids is 1. The summed E-state index contributed by atoms with van der Waals surface area (Å²) in [5.41, 5.74) is 0.574. The molecular weight excluding hydrogens is 250 g/mol. The Morgan fingerprint density at radius 3 is 2.89 bits per heavy atom. The Hall–Kier alpha value is -2.08. The average molecular weight is 265 g/mol. The lowest BCUT2D eigenvalue weighted by atomic mass is 10.2. The number of anilines is 1. The first-order valence-corrected chi connectivity index (χ1v) is 6.00. The van der Waals surface area contributed by atoms with Gasteiger partial charge in [0, 0.05) is 6.61 Å². The molecule has 6 heteroatoms. The summed E-state index contributed by atoms with van der Waals surface area (Å²) in [5, 5.41) is 9.05. The Kier molecular flexibility index (Phi) is 4.01. The van der Waals surface area contributed by atoms with E-state index in [-0.39, 0.29) is 19.1 Å². The van der Waals surface area contributed by atoms with E-state index in [0.717, 1.165) is 0 Å². The lowest BCUT2D eigenvalue weighted by Gasteiger charge is -2.32. The van der Waals surface area contributed by atoms with Crippen molar-refractivity contribution < 1.29 is 24.2 Å². The van der Waals surface area contributed by atoms with Gasteiger partial charge in [-0.1, -0.05) is 12.1 Å². The number of hydrogen-bond acceptors (Lipinski definition) is 4. The van der Waals surface area contributed by atoms with Crippen LogP contribution in [-0.4, -0.2) is 42.8 Å². The molecule has 0 spiro atoms. The zero-order valence-corrected chi connectivity index (χ0v) is 10.5. The van der Waals surface area contributed by atoms with Crippen molar-refractivity contribution in [2.24, 2.45) is 0 Å². The highest BCUT2D eigenvalue weighted by Crippen LogP contribution is 2.33. The van der Waals surface area contributed by atoms with Gasteiger partial charge in [-0.15, -0.1) is 0 Å². The minimum atomic E-state index is -1.09. The van der Waals surface area contributed by atoms with Crippen LogP contribution < -0.4 is 9.64 Å². The molecule has 1 aromatic carbocycles. The van der Waals surface area contributed by atoms with Crippen molar-refractivity contribution in [2.45, 2.75) is 13.0 Å². The number of aliphatic carboxylic acids is 1. The number of benzene rings is 1. The van der Waals surface area contributed by atoms with E-state index in [1.807, 2.05) is 0 Å². The molecule has 102 valence electrons. The van der Waals surface area contributed by atoms with Crippen molar-refractivity contribution in [2.75, 3.05) is 24.7 Å². The Labute approximate surface area is 110 Å². The van der Waals surface area contributed by atoms with Crippen molar-refractivity contribution in [1.29, 1.82) is 0 Å². The van der Waals surface area contributed by atoms with Crippen LogP contribution >= 0.6 is 0 Å². The maximum atomic E-state index is 12.0. The smallest absolute Gasteiger partial charge is 0.346 e. The van der Waals surface area contributed by atoms with E-state index in [2.05, 4.69) is 0 Å². The van der Waals surface area contributed by atoms with E-state index < -0.39 is 12.1 Å². The van der Waals surface area contributed by atoms with Crippen LogP contribution in [0.2, 0.25) is 0 Å². The molecule has 1 amide bonds. The van der Waals surface area contributed by atoms with Crippen molar-refractivity contribution in [3.05, 3.63) is 24.3 Å². The molecule has 1 unspecified atom stereocenters. The Bertz CT molecular complexity index is 488. The van der Waals surface area contributed by atoms with Crippen LogP contribution in [0.4, 0.5) is 5.69 Å². The van der Waals surface area contributed by atoms with Gasteiger partial charge in [0.2, 0.25) is 6.10 Å². The van der Waals surface area contributed by atoms with Gasteiger partial charge in [0.25, 0.3) is 5.91 Å².